The highest BCUT2D eigenvalue weighted by molar-refractivity contribution is 5.74. The lowest BCUT2D eigenvalue weighted by molar-refractivity contribution is 0.210. The molecule has 0 radical (unpaired) electrons. The molecule has 7 heteroatoms. The Morgan fingerprint density at radius 2 is 2.19 bits per heavy atom. The van der Waals surface area contributed by atoms with Crippen molar-refractivity contribution in [2.24, 2.45) is 0 Å². The number of nitrogens with one attached hydrogen (secondary N) is 2. The van der Waals surface area contributed by atoms with Gasteiger partial charge in [0.2, 0.25) is 0 Å². The van der Waals surface area contributed by atoms with Gasteiger partial charge < -0.3 is 10.6 Å². The number of fused-ring (bicyclic) bond motifs is 1. The highest BCUT2D eigenvalue weighted by Gasteiger charge is 2.18. The van der Waals surface area contributed by atoms with E-state index in [4.69, 9.17) is 0 Å². The van der Waals surface area contributed by atoms with Gasteiger partial charge in [0.15, 0.2) is 0 Å². The van der Waals surface area contributed by atoms with Crippen molar-refractivity contribution in [3.05, 3.63) is 47.0 Å². The topological polar surface area (TPSA) is 75.1 Å². The number of carbonyl (C=O) groups is 1. The Morgan fingerprint density at radius 3 is 2.93 bits per heavy atom. The summed E-state index contributed by atoms with van der Waals surface area (Å²) >= 11 is 0. The second-order valence-electron chi connectivity index (χ2n) is 7.26. The van der Waals surface area contributed by atoms with Crippen molar-refractivity contribution < 1.29 is 4.79 Å². The van der Waals surface area contributed by atoms with Crippen LogP contribution in [0.5, 0.6) is 0 Å². The van der Waals surface area contributed by atoms with Gasteiger partial charge >= 0.3 is 6.03 Å². The molecule has 1 atom stereocenters. The third-order valence-corrected chi connectivity index (χ3v) is 4.97. The predicted octanol–water partition coefficient (Wildman–Crippen LogP) is 2.76. The third-order valence-electron chi connectivity index (χ3n) is 4.97. The minimum absolute atomic E-state index is 0.0968. The Balaban J connectivity index is 1.48. The van der Waals surface area contributed by atoms with Crippen LogP contribution in [0.4, 0.5) is 4.79 Å². The van der Waals surface area contributed by atoms with Gasteiger partial charge in [-0.05, 0) is 44.5 Å². The summed E-state index contributed by atoms with van der Waals surface area (Å²) in [6.45, 7) is 10.6. The molecule has 0 saturated heterocycles. The quantitative estimate of drug-likeness (QED) is 0.786. The Bertz CT molecular complexity index is 754. The number of amides is 2. The number of aromatic nitrogens is 3. The van der Waals surface area contributed by atoms with E-state index in [2.05, 4.69) is 43.3 Å². The van der Waals surface area contributed by atoms with Gasteiger partial charge in [0.1, 0.15) is 0 Å². The van der Waals surface area contributed by atoms with E-state index in [-0.39, 0.29) is 12.1 Å². The van der Waals surface area contributed by atoms with Crippen LogP contribution in [0.1, 0.15) is 55.4 Å². The number of rotatable bonds is 7. The van der Waals surface area contributed by atoms with Gasteiger partial charge in [-0.2, -0.15) is 5.10 Å². The van der Waals surface area contributed by atoms with Crippen LogP contribution >= 0.6 is 0 Å². The summed E-state index contributed by atoms with van der Waals surface area (Å²) in [7, 11) is 0. The third kappa shape index (κ3) is 5.29. The summed E-state index contributed by atoms with van der Waals surface area (Å²) in [5.41, 5.74) is 4.09. The van der Waals surface area contributed by atoms with Gasteiger partial charge in [-0.15, -0.1) is 0 Å². The lowest BCUT2D eigenvalue weighted by Crippen LogP contribution is -2.36. The van der Waals surface area contributed by atoms with Crippen LogP contribution in [0.15, 0.2) is 24.4 Å². The van der Waals surface area contributed by atoms with Gasteiger partial charge in [0.25, 0.3) is 0 Å². The number of nitrogens with zero attached hydrogens (tertiary/aromatic N) is 4. The number of aryl methyl sites for hydroxylation is 1. The Kier molecular flexibility index (Phi) is 6.45. The van der Waals surface area contributed by atoms with Crippen LogP contribution in [0, 0.1) is 6.92 Å². The van der Waals surface area contributed by atoms with Crippen LogP contribution in [0.2, 0.25) is 0 Å². The molecule has 3 heterocycles. The van der Waals surface area contributed by atoms with E-state index in [0.29, 0.717) is 6.54 Å². The Hall–Kier alpha value is -2.41. The summed E-state index contributed by atoms with van der Waals surface area (Å²) in [5.74, 6) is 0. The number of pyridine rings is 1. The van der Waals surface area contributed by atoms with Crippen molar-refractivity contribution in [3.8, 4) is 0 Å². The number of unbranched alkanes of at least 4 members (excludes halogenated alkanes) is 1. The highest BCUT2D eigenvalue weighted by atomic mass is 16.2. The van der Waals surface area contributed by atoms with Gasteiger partial charge in [0.05, 0.1) is 30.5 Å². The Labute approximate surface area is 161 Å². The molecule has 2 N–H and O–H groups in total. The van der Waals surface area contributed by atoms with E-state index in [1.165, 1.54) is 18.5 Å². The lowest BCUT2D eigenvalue weighted by Gasteiger charge is -2.27. The number of urea groups is 1. The first-order chi connectivity index (χ1) is 13.0. The second-order valence-corrected chi connectivity index (χ2v) is 7.26. The van der Waals surface area contributed by atoms with E-state index in [0.717, 1.165) is 43.1 Å². The molecule has 2 amide bonds. The molecule has 0 bridgehead atoms. The van der Waals surface area contributed by atoms with E-state index >= 15 is 0 Å². The minimum Gasteiger partial charge on any atom is -0.332 e. The fourth-order valence-corrected chi connectivity index (χ4v) is 3.28. The summed E-state index contributed by atoms with van der Waals surface area (Å²) in [6, 6.07) is 5.75. The molecule has 2 aromatic heterocycles. The van der Waals surface area contributed by atoms with E-state index in [1.54, 1.807) is 6.20 Å². The molecule has 0 fully saturated rings. The molecule has 0 spiro atoms. The molecule has 0 aromatic carbocycles. The second kappa shape index (κ2) is 8.99. The van der Waals surface area contributed by atoms with Crippen molar-refractivity contribution >= 4 is 6.03 Å². The van der Waals surface area contributed by atoms with E-state index in [1.807, 2.05) is 26.0 Å². The van der Waals surface area contributed by atoms with E-state index < -0.39 is 0 Å². The number of hydrogen-bond donors (Lipinski definition) is 2. The molecule has 2 aromatic rings. The summed E-state index contributed by atoms with van der Waals surface area (Å²) in [6.07, 6.45) is 4.25. The van der Waals surface area contributed by atoms with Crippen molar-refractivity contribution in [2.75, 3.05) is 13.1 Å². The van der Waals surface area contributed by atoms with Crippen LogP contribution < -0.4 is 10.6 Å². The first-order valence-electron chi connectivity index (χ1n) is 9.80. The molecule has 27 heavy (non-hydrogen) atoms. The highest BCUT2D eigenvalue weighted by Crippen LogP contribution is 2.14. The predicted molar refractivity (Wildman–Crippen MR) is 105 cm³/mol. The molecule has 7 nitrogen and oxygen atoms in total. The molecule has 3 rings (SSSR count). The van der Waals surface area contributed by atoms with Crippen LogP contribution in [-0.4, -0.2) is 38.8 Å². The molecule has 0 unspecified atom stereocenters. The van der Waals surface area contributed by atoms with Crippen molar-refractivity contribution in [1.82, 2.24) is 30.3 Å². The standard InChI is InChI=1S/C20H30N6O/c1-4-5-8-25-9-10-26-19(14-25)11-18(24-26)13-22-20(27)23-16(3)17-7-6-15(2)21-12-17/h6-7,11-12,16H,4-5,8-10,13-14H2,1-3H3,(H2,22,23,27)/t16-/m0/s1. The van der Waals surface area contributed by atoms with Crippen molar-refractivity contribution in [1.29, 1.82) is 0 Å². The maximum atomic E-state index is 12.2. The normalized spacial score (nSPS) is 15.2. The Morgan fingerprint density at radius 1 is 1.33 bits per heavy atom. The average Bonchev–Trinajstić information content (AvgIpc) is 3.07. The van der Waals surface area contributed by atoms with Crippen LogP contribution in [-0.2, 0) is 19.6 Å². The minimum atomic E-state index is -0.196. The van der Waals surface area contributed by atoms with Gasteiger partial charge in [-0.1, -0.05) is 19.4 Å². The number of carbonyl (C=O) groups excluding carboxylic acids is 1. The largest absolute Gasteiger partial charge is 0.332 e. The van der Waals surface area contributed by atoms with Crippen molar-refractivity contribution in [2.45, 2.75) is 59.3 Å². The monoisotopic (exact) mass is 370 g/mol. The first kappa shape index (κ1) is 19.4. The molecule has 1 aliphatic heterocycles. The van der Waals surface area contributed by atoms with Crippen LogP contribution in [0.25, 0.3) is 0 Å². The average molecular weight is 371 g/mol. The zero-order valence-electron chi connectivity index (χ0n) is 16.5. The fraction of sp³-hybridized carbons (Fsp3) is 0.550. The number of hydrogen-bond acceptors (Lipinski definition) is 4. The summed E-state index contributed by atoms with van der Waals surface area (Å²) in [5, 5.41) is 10.5. The van der Waals surface area contributed by atoms with E-state index in [9.17, 15) is 4.79 Å². The SMILES string of the molecule is CCCCN1CCn2nc(CNC(=O)N[C@@H](C)c3ccc(C)nc3)cc2C1. The van der Waals surface area contributed by atoms with Crippen LogP contribution in [0.3, 0.4) is 0 Å². The summed E-state index contributed by atoms with van der Waals surface area (Å²) < 4.78 is 2.07. The summed E-state index contributed by atoms with van der Waals surface area (Å²) in [4.78, 5) is 18.9. The van der Waals surface area contributed by atoms with Gasteiger partial charge in [-0.25, -0.2) is 4.79 Å². The maximum Gasteiger partial charge on any atom is 0.315 e. The fourth-order valence-electron chi connectivity index (χ4n) is 3.28. The smallest absolute Gasteiger partial charge is 0.315 e. The molecule has 0 aliphatic carbocycles. The molecule has 146 valence electrons. The zero-order valence-corrected chi connectivity index (χ0v) is 16.5. The molecular formula is C20H30N6O. The zero-order chi connectivity index (χ0) is 19.2. The molecule has 1 aliphatic rings. The van der Waals surface area contributed by atoms with Crippen molar-refractivity contribution in [3.63, 3.8) is 0 Å². The first-order valence-corrected chi connectivity index (χ1v) is 9.80. The van der Waals surface area contributed by atoms with Gasteiger partial charge in [0, 0.05) is 25.0 Å². The molecule has 0 saturated carbocycles. The van der Waals surface area contributed by atoms with Gasteiger partial charge in [-0.3, -0.25) is 14.6 Å². The maximum absolute atomic E-state index is 12.2. The molecular weight excluding hydrogens is 340 g/mol. The lowest BCUT2D eigenvalue weighted by atomic mass is 10.1.